The van der Waals surface area contributed by atoms with E-state index < -0.39 is 0 Å². The maximum atomic E-state index is 5.52. The van der Waals surface area contributed by atoms with Gasteiger partial charge in [0.15, 0.2) is 5.11 Å². The lowest BCUT2D eigenvalue weighted by atomic mass is 10.0. The highest BCUT2D eigenvalue weighted by Crippen LogP contribution is 2.14. The van der Waals surface area contributed by atoms with Crippen molar-refractivity contribution in [1.29, 1.82) is 0 Å². The van der Waals surface area contributed by atoms with E-state index in [4.69, 9.17) is 16.6 Å². The van der Waals surface area contributed by atoms with Crippen LogP contribution in [0.25, 0.3) is 0 Å². The fraction of sp³-hybridized carbons (Fsp3) is 0.450. The Kier molecular flexibility index (Phi) is 6.10. The van der Waals surface area contributed by atoms with E-state index >= 15 is 0 Å². The third kappa shape index (κ3) is 5.06. The fourth-order valence-electron chi connectivity index (χ4n) is 3.20. The number of hydrogen-bond acceptors (Lipinski definition) is 2. The Balaban J connectivity index is 1.42. The molecule has 3 rings (SSSR count). The first-order valence-corrected chi connectivity index (χ1v) is 9.50. The first kappa shape index (κ1) is 18.0. The number of furan rings is 1. The summed E-state index contributed by atoms with van der Waals surface area (Å²) >= 11 is 5.52. The molecule has 25 heavy (non-hydrogen) atoms. The van der Waals surface area contributed by atoms with Gasteiger partial charge in [0.2, 0.25) is 0 Å². The fourth-order valence-corrected chi connectivity index (χ4v) is 3.45. The highest BCUT2D eigenvalue weighted by atomic mass is 32.1. The van der Waals surface area contributed by atoms with Crippen LogP contribution < -0.4 is 10.2 Å². The van der Waals surface area contributed by atoms with Crippen molar-refractivity contribution in [2.75, 3.05) is 26.2 Å². The molecule has 2 N–H and O–H groups in total. The summed E-state index contributed by atoms with van der Waals surface area (Å²) in [5, 5.41) is 4.12. The predicted molar refractivity (Wildman–Crippen MR) is 105 cm³/mol. The normalized spacial score (nSPS) is 15.6. The zero-order valence-corrected chi connectivity index (χ0v) is 15.9. The van der Waals surface area contributed by atoms with Crippen LogP contribution in [-0.2, 0) is 13.1 Å². The van der Waals surface area contributed by atoms with Crippen LogP contribution >= 0.6 is 12.2 Å². The van der Waals surface area contributed by atoms with E-state index in [-0.39, 0.29) is 0 Å². The second-order valence-electron chi connectivity index (χ2n) is 7.05. The molecule has 2 heterocycles. The largest absolute Gasteiger partial charge is 0.467 e. The smallest absolute Gasteiger partial charge is 0.169 e. The lowest BCUT2D eigenvalue weighted by Crippen LogP contribution is -3.13. The Bertz CT molecular complexity index is 659. The Hall–Kier alpha value is -1.85. The average Bonchev–Trinajstić information content (AvgIpc) is 3.14. The van der Waals surface area contributed by atoms with Crippen LogP contribution in [0.4, 0.5) is 0 Å². The van der Waals surface area contributed by atoms with E-state index in [1.807, 2.05) is 12.1 Å². The van der Waals surface area contributed by atoms with Gasteiger partial charge in [-0.05, 0) is 35.8 Å². The molecule has 1 aliphatic rings. The van der Waals surface area contributed by atoms with Gasteiger partial charge in [0.05, 0.1) is 39.0 Å². The molecule has 4 nitrogen and oxygen atoms in total. The standard InChI is InChI=1S/C20H27N3OS/c1-16(2)18-7-5-17(6-8-18)15-22-9-11-23(12-10-22)20(25)21-14-19-4-3-13-24-19/h3-8,13,16H,9-12,14-15H2,1-2H3,(H,21,25)/p+1. The lowest BCUT2D eigenvalue weighted by molar-refractivity contribution is -0.917. The number of thiocarbonyl (C=S) groups is 1. The summed E-state index contributed by atoms with van der Waals surface area (Å²) in [5.74, 6) is 1.51. The molecule has 1 fully saturated rings. The highest BCUT2D eigenvalue weighted by molar-refractivity contribution is 7.80. The van der Waals surface area contributed by atoms with Gasteiger partial charge in [-0.15, -0.1) is 0 Å². The van der Waals surface area contributed by atoms with Gasteiger partial charge in [-0.1, -0.05) is 38.1 Å². The van der Waals surface area contributed by atoms with Gasteiger partial charge >= 0.3 is 0 Å². The Morgan fingerprint density at radius 2 is 1.92 bits per heavy atom. The van der Waals surface area contributed by atoms with Crippen molar-refractivity contribution in [3.05, 3.63) is 59.5 Å². The predicted octanol–water partition coefficient (Wildman–Crippen LogP) is 2.18. The SMILES string of the molecule is CC(C)c1ccc(C[NH+]2CCN(C(=S)NCc3ccco3)CC2)cc1. The minimum atomic E-state index is 0.597. The van der Waals surface area contributed by atoms with Crippen LogP contribution in [0.2, 0.25) is 0 Å². The molecule has 0 saturated carbocycles. The minimum Gasteiger partial charge on any atom is -0.467 e. The molecule has 0 aliphatic carbocycles. The number of piperazine rings is 1. The van der Waals surface area contributed by atoms with Gasteiger partial charge in [0.25, 0.3) is 0 Å². The molecular weight excluding hydrogens is 330 g/mol. The number of quaternary nitrogens is 1. The van der Waals surface area contributed by atoms with Crippen LogP contribution in [0.1, 0.15) is 36.7 Å². The van der Waals surface area contributed by atoms with Crippen molar-refractivity contribution in [2.24, 2.45) is 0 Å². The monoisotopic (exact) mass is 358 g/mol. The maximum Gasteiger partial charge on any atom is 0.169 e. The number of hydrogen-bond donors (Lipinski definition) is 2. The molecule has 1 aromatic heterocycles. The number of nitrogens with zero attached hydrogens (tertiary/aromatic N) is 1. The molecule has 0 radical (unpaired) electrons. The van der Waals surface area contributed by atoms with Crippen molar-refractivity contribution in [3.63, 3.8) is 0 Å². The molecule has 0 bridgehead atoms. The number of nitrogens with one attached hydrogen (secondary N) is 2. The van der Waals surface area contributed by atoms with Crippen molar-refractivity contribution in [1.82, 2.24) is 10.2 Å². The van der Waals surface area contributed by atoms with Crippen LogP contribution in [0, 0.1) is 0 Å². The molecule has 1 aromatic carbocycles. The Labute approximate surface area is 155 Å². The van der Waals surface area contributed by atoms with Gasteiger partial charge in [0, 0.05) is 5.56 Å². The molecule has 0 amide bonds. The first-order valence-electron chi connectivity index (χ1n) is 9.09. The van der Waals surface area contributed by atoms with E-state index in [9.17, 15) is 0 Å². The van der Waals surface area contributed by atoms with Gasteiger partial charge < -0.3 is 19.5 Å². The van der Waals surface area contributed by atoms with Crippen molar-refractivity contribution >= 4 is 17.3 Å². The molecule has 0 atom stereocenters. The molecule has 2 aromatic rings. The maximum absolute atomic E-state index is 5.52. The second kappa shape index (κ2) is 8.50. The van der Waals surface area contributed by atoms with E-state index in [1.54, 1.807) is 11.2 Å². The zero-order valence-electron chi connectivity index (χ0n) is 15.1. The van der Waals surface area contributed by atoms with Crippen LogP contribution in [0.5, 0.6) is 0 Å². The summed E-state index contributed by atoms with van der Waals surface area (Å²) in [5.41, 5.74) is 2.84. The van der Waals surface area contributed by atoms with Crippen molar-refractivity contribution < 1.29 is 9.32 Å². The minimum absolute atomic E-state index is 0.597. The molecular formula is C20H28N3OS+. The molecule has 0 spiro atoms. The third-order valence-corrected chi connectivity index (χ3v) is 5.25. The zero-order chi connectivity index (χ0) is 17.6. The topological polar surface area (TPSA) is 32.9 Å². The summed E-state index contributed by atoms with van der Waals surface area (Å²) < 4.78 is 5.33. The average molecular weight is 359 g/mol. The van der Waals surface area contributed by atoms with Gasteiger partial charge in [-0.3, -0.25) is 0 Å². The van der Waals surface area contributed by atoms with E-state index in [0.717, 1.165) is 43.6 Å². The highest BCUT2D eigenvalue weighted by Gasteiger charge is 2.21. The lowest BCUT2D eigenvalue weighted by Gasteiger charge is -2.33. The Morgan fingerprint density at radius 1 is 1.20 bits per heavy atom. The second-order valence-corrected chi connectivity index (χ2v) is 7.43. The van der Waals surface area contributed by atoms with Gasteiger partial charge in [-0.25, -0.2) is 0 Å². The summed E-state index contributed by atoms with van der Waals surface area (Å²) in [6.45, 7) is 10.5. The van der Waals surface area contributed by atoms with Crippen LogP contribution in [-0.4, -0.2) is 36.2 Å². The summed E-state index contributed by atoms with van der Waals surface area (Å²) in [4.78, 5) is 3.89. The van der Waals surface area contributed by atoms with Crippen molar-refractivity contribution in [3.8, 4) is 0 Å². The quantitative estimate of drug-likeness (QED) is 0.803. The summed E-state index contributed by atoms with van der Waals surface area (Å²) in [7, 11) is 0. The van der Waals surface area contributed by atoms with Crippen LogP contribution in [0.15, 0.2) is 47.1 Å². The van der Waals surface area contributed by atoms with E-state index in [1.165, 1.54) is 11.1 Å². The number of benzene rings is 1. The molecule has 1 saturated heterocycles. The third-order valence-electron chi connectivity index (χ3n) is 4.85. The van der Waals surface area contributed by atoms with Crippen LogP contribution in [0.3, 0.4) is 0 Å². The summed E-state index contributed by atoms with van der Waals surface area (Å²) in [6, 6.07) is 13.0. The molecule has 1 aliphatic heterocycles. The van der Waals surface area contributed by atoms with E-state index in [2.05, 4.69) is 48.3 Å². The molecule has 0 unspecified atom stereocenters. The molecule has 134 valence electrons. The van der Waals surface area contributed by atoms with Gasteiger partial charge in [0.1, 0.15) is 12.3 Å². The Morgan fingerprint density at radius 3 is 2.52 bits per heavy atom. The van der Waals surface area contributed by atoms with Crippen molar-refractivity contribution in [2.45, 2.75) is 32.9 Å². The number of rotatable bonds is 5. The molecule has 5 heteroatoms. The first-order chi connectivity index (χ1) is 12.1. The van der Waals surface area contributed by atoms with E-state index in [0.29, 0.717) is 12.5 Å². The van der Waals surface area contributed by atoms with Gasteiger partial charge in [-0.2, -0.15) is 0 Å². The summed E-state index contributed by atoms with van der Waals surface area (Å²) in [6.07, 6.45) is 1.69.